The molecule has 4 nitrogen and oxygen atoms in total. The third kappa shape index (κ3) is 4.28. The number of sulfonamides is 1. The Morgan fingerprint density at radius 3 is 2.33 bits per heavy atom. The van der Waals surface area contributed by atoms with E-state index in [-0.39, 0.29) is 6.04 Å². The highest BCUT2D eigenvalue weighted by atomic mass is 32.2. The molecule has 0 saturated heterocycles. The van der Waals surface area contributed by atoms with Crippen LogP contribution in [0, 0.1) is 13.8 Å². The fourth-order valence-corrected chi connectivity index (χ4v) is 3.80. The van der Waals surface area contributed by atoms with E-state index in [9.17, 15) is 8.42 Å². The highest BCUT2D eigenvalue weighted by Gasteiger charge is 2.25. The maximum Gasteiger partial charge on any atom is 0.243 e. The Bertz CT molecular complexity index is 580. The lowest BCUT2D eigenvalue weighted by Gasteiger charge is -2.23. The molecule has 0 aromatic heterocycles. The molecule has 0 aliphatic rings. The van der Waals surface area contributed by atoms with Gasteiger partial charge in [-0.2, -0.15) is 4.31 Å². The van der Waals surface area contributed by atoms with Gasteiger partial charge in [0.25, 0.3) is 0 Å². The lowest BCUT2D eigenvalue weighted by Crippen LogP contribution is -2.33. The Balaban J connectivity index is 3.21. The lowest BCUT2D eigenvalue weighted by atomic mass is 10.1. The molecular weight excluding hydrogens is 284 g/mol. The zero-order chi connectivity index (χ0) is 16.2. The van der Waals surface area contributed by atoms with Gasteiger partial charge >= 0.3 is 0 Å². The van der Waals surface area contributed by atoms with Crippen molar-refractivity contribution in [3.05, 3.63) is 28.8 Å². The number of aryl methyl sites for hydroxylation is 2. The highest BCUT2D eigenvalue weighted by Crippen LogP contribution is 2.24. The summed E-state index contributed by atoms with van der Waals surface area (Å²) >= 11 is 0. The summed E-state index contributed by atoms with van der Waals surface area (Å²) in [5, 5.41) is 3.33. The first-order valence-electron chi connectivity index (χ1n) is 7.50. The van der Waals surface area contributed by atoms with Gasteiger partial charge in [0.2, 0.25) is 10.0 Å². The molecule has 1 N–H and O–H groups in total. The van der Waals surface area contributed by atoms with Crippen LogP contribution < -0.4 is 5.32 Å². The van der Waals surface area contributed by atoms with Gasteiger partial charge in [-0.05, 0) is 63.4 Å². The monoisotopic (exact) mass is 312 g/mol. The second-order valence-corrected chi connectivity index (χ2v) is 7.80. The van der Waals surface area contributed by atoms with Crippen molar-refractivity contribution in [1.82, 2.24) is 9.62 Å². The molecule has 5 heteroatoms. The molecule has 1 rings (SSSR count). The summed E-state index contributed by atoms with van der Waals surface area (Å²) in [6.07, 6.45) is 1.06. The molecule has 1 aromatic carbocycles. The number of rotatable bonds is 7. The first kappa shape index (κ1) is 18.1. The number of benzene rings is 1. The summed E-state index contributed by atoms with van der Waals surface area (Å²) in [5.74, 6) is 0. The Labute approximate surface area is 129 Å². The second-order valence-electron chi connectivity index (χ2n) is 5.84. The van der Waals surface area contributed by atoms with Crippen molar-refractivity contribution in [2.45, 2.75) is 58.5 Å². The molecule has 21 heavy (non-hydrogen) atoms. The van der Waals surface area contributed by atoms with Gasteiger partial charge in [-0.15, -0.1) is 0 Å². The Hall–Kier alpha value is -0.910. The van der Waals surface area contributed by atoms with E-state index >= 15 is 0 Å². The zero-order valence-electron chi connectivity index (χ0n) is 14.0. The molecule has 0 aliphatic heterocycles. The van der Waals surface area contributed by atoms with E-state index in [1.807, 2.05) is 39.8 Å². The van der Waals surface area contributed by atoms with Gasteiger partial charge in [0.1, 0.15) is 0 Å². The molecule has 120 valence electrons. The van der Waals surface area contributed by atoms with Crippen LogP contribution in [0.25, 0.3) is 0 Å². The molecule has 0 radical (unpaired) electrons. The summed E-state index contributed by atoms with van der Waals surface area (Å²) in [7, 11) is -1.80. The highest BCUT2D eigenvalue weighted by molar-refractivity contribution is 7.89. The van der Waals surface area contributed by atoms with E-state index < -0.39 is 10.0 Å². The quantitative estimate of drug-likeness (QED) is 0.788. The fourth-order valence-electron chi connectivity index (χ4n) is 2.18. The summed E-state index contributed by atoms with van der Waals surface area (Å²) in [6, 6.07) is 3.73. The first-order valence-corrected chi connectivity index (χ1v) is 8.94. The minimum Gasteiger partial charge on any atom is -0.313 e. The van der Waals surface area contributed by atoms with Gasteiger partial charge in [0.15, 0.2) is 0 Å². The lowest BCUT2D eigenvalue weighted by molar-refractivity contribution is 0.410. The van der Waals surface area contributed by atoms with Crippen LogP contribution in [0.4, 0.5) is 0 Å². The van der Waals surface area contributed by atoms with Crippen LogP contribution in [-0.4, -0.2) is 32.4 Å². The van der Waals surface area contributed by atoms with Crippen molar-refractivity contribution >= 4 is 10.0 Å². The molecule has 0 aliphatic carbocycles. The van der Waals surface area contributed by atoms with Crippen molar-refractivity contribution in [3.8, 4) is 0 Å². The van der Waals surface area contributed by atoms with Gasteiger partial charge in [0, 0.05) is 19.6 Å². The number of hydrogen-bond donors (Lipinski definition) is 1. The normalized spacial score (nSPS) is 12.4. The third-order valence-electron chi connectivity index (χ3n) is 3.76. The number of nitrogens with zero attached hydrogens (tertiary/aromatic N) is 1. The average Bonchev–Trinajstić information content (AvgIpc) is 2.40. The van der Waals surface area contributed by atoms with E-state index in [0.717, 1.165) is 29.7 Å². The zero-order valence-corrected chi connectivity index (χ0v) is 14.8. The van der Waals surface area contributed by atoms with Crippen LogP contribution in [0.3, 0.4) is 0 Å². The fraction of sp³-hybridized carbons (Fsp3) is 0.625. The van der Waals surface area contributed by atoms with Crippen LogP contribution in [0.1, 0.15) is 43.9 Å². The van der Waals surface area contributed by atoms with Crippen LogP contribution in [0.5, 0.6) is 0 Å². The Morgan fingerprint density at radius 2 is 1.81 bits per heavy atom. The molecule has 0 unspecified atom stereocenters. The molecule has 0 atom stereocenters. The molecule has 0 heterocycles. The van der Waals surface area contributed by atoms with E-state index in [2.05, 4.69) is 12.2 Å². The summed E-state index contributed by atoms with van der Waals surface area (Å²) in [6.45, 7) is 11.4. The molecular formula is C16H28N2O2S. The van der Waals surface area contributed by atoms with Crippen molar-refractivity contribution in [2.24, 2.45) is 0 Å². The molecule has 0 spiro atoms. The molecule has 0 fully saturated rings. The standard InChI is InChI=1S/C16H28N2O2S/c1-7-8-17-11-15-10-16(14(5)9-13(15)4)21(19,20)18(6)12(2)3/h9-10,12,17H,7-8,11H2,1-6H3. The molecule has 0 bridgehead atoms. The first-order chi connectivity index (χ1) is 9.71. The summed E-state index contributed by atoms with van der Waals surface area (Å²) in [5.41, 5.74) is 2.98. The molecule has 1 aromatic rings. The van der Waals surface area contributed by atoms with E-state index in [0.29, 0.717) is 11.4 Å². The van der Waals surface area contributed by atoms with Gasteiger partial charge in [-0.3, -0.25) is 0 Å². The third-order valence-corrected chi connectivity index (χ3v) is 5.94. The van der Waals surface area contributed by atoms with Crippen LogP contribution in [0.15, 0.2) is 17.0 Å². The van der Waals surface area contributed by atoms with E-state index in [1.54, 1.807) is 7.05 Å². The largest absolute Gasteiger partial charge is 0.313 e. The maximum atomic E-state index is 12.7. The minimum absolute atomic E-state index is 0.0580. The van der Waals surface area contributed by atoms with Crippen molar-refractivity contribution in [1.29, 1.82) is 0 Å². The van der Waals surface area contributed by atoms with Gasteiger partial charge in [0.05, 0.1) is 4.90 Å². The predicted molar refractivity (Wildman–Crippen MR) is 88.0 cm³/mol. The second kappa shape index (κ2) is 7.38. The van der Waals surface area contributed by atoms with Gasteiger partial charge in [-0.1, -0.05) is 13.0 Å². The SMILES string of the molecule is CCCNCc1cc(S(=O)(=O)N(C)C(C)C)c(C)cc1C. The van der Waals surface area contributed by atoms with Crippen LogP contribution >= 0.6 is 0 Å². The maximum absolute atomic E-state index is 12.7. The Morgan fingerprint density at radius 1 is 1.19 bits per heavy atom. The smallest absolute Gasteiger partial charge is 0.243 e. The Kier molecular flexibility index (Phi) is 6.38. The predicted octanol–water partition coefficient (Wildman–Crippen LogP) is 2.83. The summed E-state index contributed by atoms with van der Waals surface area (Å²) in [4.78, 5) is 0.414. The van der Waals surface area contributed by atoms with Gasteiger partial charge in [-0.25, -0.2) is 8.42 Å². The molecule has 0 amide bonds. The van der Waals surface area contributed by atoms with Crippen molar-refractivity contribution in [3.63, 3.8) is 0 Å². The average molecular weight is 312 g/mol. The number of nitrogens with one attached hydrogen (secondary N) is 1. The minimum atomic E-state index is -3.43. The molecule has 0 saturated carbocycles. The number of hydrogen-bond acceptors (Lipinski definition) is 3. The van der Waals surface area contributed by atoms with Crippen molar-refractivity contribution < 1.29 is 8.42 Å². The van der Waals surface area contributed by atoms with Crippen LogP contribution in [-0.2, 0) is 16.6 Å². The van der Waals surface area contributed by atoms with Crippen LogP contribution in [0.2, 0.25) is 0 Å². The van der Waals surface area contributed by atoms with Gasteiger partial charge < -0.3 is 5.32 Å². The van der Waals surface area contributed by atoms with Crippen molar-refractivity contribution in [2.75, 3.05) is 13.6 Å². The van der Waals surface area contributed by atoms with E-state index in [4.69, 9.17) is 0 Å². The summed E-state index contributed by atoms with van der Waals surface area (Å²) < 4.78 is 26.8. The topological polar surface area (TPSA) is 49.4 Å². The van der Waals surface area contributed by atoms with E-state index in [1.165, 1.54) is 4.31 Å².